The standard InChI is InChI=1S/C15H20BrN3O/c1-10(20)7-12-3-2-6-19(12)9-15-17-13-5-4-11(16)8-14(13)18-15/h4-5,8,10,12,20H,2-3,6-7,9H2,1H3,(H,17,18)/t10-,12-/m1/s1. The molecule has 0 saturated carbocycles. The summed E-state index contributed by atoms with van der Waals surface area (Å²) in [4.78, 5) is 10.5. The van der Waals surface area contributed by atoms with Crippen molar-refractivity contribution in [1.82, 2.24) is 14.9 Å². The summed E-state index contributed by atoms with van der Waals surface area (Å²) in [5, 5.41) is 9.59. The van der Waals surface area contributed by atoms with Crippen LogP contribution in [-0.2, 0) is 6.54 Å². The van der Waals surface area contributed by atoms with Crippen LogP contribution in [0.4, 0.5) is 0 Å². The minimum absolute atomic E-state index is 0.229. The number of aromatic amines is 1. The first kappa shape index (κ1) is 14.0. The van der Waals surface area contributed by atoms with Gasteiger partial charge in [0.15, 0.2) is 0 Å². The third-order valence-electron chi connectivity index (χ3n) is 3.96. The lowest BCUT2D eigenvalue weighted by Crippen LogP contribution is -2.31. The zero-order valence-electron chi connectivity index (χ0n) is 11.6. The Morgan fingerprint density at radius 3 is 3.20 bits per heavy atom. The molecule has 4 nitrogen and oxygen atoms in total. The Labute approximate surface area is 127 Å². The van der Waals surface area contributed by atoms with Gasteiger partial charge in [-0.2, -0.15) is 0 Å². The first-order valence-electron chi connectivity index (χ1n) is 7.18. The van der Waals surface area contributed by atoms with Crippen LogP contribution in [-0.4, -0.2) is 38.7 Å². The van der Waals surface area contributed by atoms with E-state index in [0.29, 0.717) is 6.04 Å². The van der Waals surface area contributed by atoms with E-state index in [4.69, 9.17) is 0 Å². The predicted octanol–water partition coefficient (Wildman–Crippen LogP) is 3.06. The van der Waals surface area contributed by atoms with E-state index in [9.17, 15) is 5.11 Å². The molecule has 108 valence electrons. The molecule has 1 saturated heterocycles. The zero-order valence-corrected chi connectivity index (χ0v) is 13.2. The Morgan fingerprint density at radius 2 is 2.40 bits per heavy atom. The van der Waals surface area contributed by atoms with E-state index in [2.05, 4.69) is 36.9 Å². The van der Waals surface area contributed by atoms with Crippen molar-refractivity contribution in [3.63, 3.8) is 0 Å². The summed E-state index contributed by atoms with van der Waals surface area (Å²) in [5.74, 6) is 1.01. The Bertz CT molecular complexity index is 596. The average molecular weight is 338 g/mol. The van der Waals surface area contributed by atoms with Crippen LogP contribution in [0.3, 0.4) is 0 Å². The molecular formula is C15H20BrN3O. The van der Waals surface area contributed by atoms with E-state index < -0.39 is 0 Å². The Kier molecular flexibility index (Phi) is 4.10. The van der Waals surface area contributed by atoms with Gasteiger partial charge in [0.2, 0.25) is 0 Å². The molecule has 0 radical (unpaired) electrons. The van der Waals surface area contributed by atoms with Crippen LogP contribution in [0.2, 0.25) is 0 Å². The molecule has 0 amide bonds. The maximum atomic E-state index is 9.59. The van der Waals surface area contributed by atoms with Crippen molar-refractivity contribution in [2.75, 3.05) is 6.54 Å². The number of benzene rings is 1. The topological polar surface area (TPSA) is 52.1 Å². The molecule has 3 rings (SSSR count). The van der Waals surface area contributed by atoms with Gasteiger partial charge < -0.3 is 10.1 Å². The highest BCUT2D eigenvalue weighted by Crippen LogP contribution is 2.24. The van der Waals surface area contributed by atoms with E-state index in [1.54, 1.807) is 0 Å². The van der Waals surface area contributed by atoms with Gasteiger partial charge >= 0.3 is 0 Å². The summed E-state index contributed by atoms with van der Waals surface area (Å²) in [6, 6.07) is 6.58. The van der Waals surface area contributed by atoms with Crippen LogP contribution in [0, 0.1) is 0 Å². The Morgan fingerprint density at radius 1 is 1.55 bits per heavy atom. The molecule has 0 aliphatic carbocycles. The summed E-state index contributed by atoms with van der Waals surface area (Å²) in [6.07, 6.45) is 3.01. The lowest BCUT2D eigenvalue weighted by molar-refractivity contribution is 0.129. The number of aliphatic hydroxyl groups is 1. The number of fused-ring (bicyclic) bond motifs is 1. The third kappa shape index (κ3) is 3.05. The number of aliphatic hydroxyl groups excluding tert-OH is 1. The summed E-state index contributed by atoms with van der Waals surface area (Å²) < 4.78 is 1.06. The van der Waals surface area contributed by atoms with Crippen molar-refractivity contribution in [2.24, 2.45) is 0 Å². The minimum Gasteiger partial charge on any atom is -0.393 e. The summed E-state index contributed by atoms with van der Waals surface area (Å²) in [5.41, 5.74) is 2.08. The van der Waals surface area contributed by atoms with Crippen LogP contribution in [0.25, 0.3) is 11.0 Å². The van der Waals surface area contributed by atoms with E-state index in [1.807, 2.05) is 19.1 Å². The zero-order chi connectivity index (χ0) is 14.1. The SMILES string of the molecule is C[C@@H](O)C[C@H]1CCCN1Cc1nc2ccc(Br)cc2[nH]1. The van der Waals surface area contributed by atoms with Gasteiger partial charge in [-0.1, -0.05) is 15.9 Å². The second kappa shape index (κ2) is 5.84. The molecule has 0 unspecified atom stereocenters. The quantitative estimate of drug-likeness (QED) is 0.901. The molecule has 2 N–H and O–H groups in total. The van der Waals surface area contributed by atoms with E-state index in [-0.39, 0.29) is 6.10 Å². The molecule has 1 aromatic heterocycles. The molecule has 5 heteroatoms. The highest BCUT2D eigenvalue weighted by atomic mass is 79.9. The number of H-pyrrole nitrogens is 1. The number of aromatic nitrogens is 2. The van der Waals surface area contributed by atoms with Gasteiger partial charge in [-0.15, -0.1) is 0 Å². The van der Waals surface area contributed by atoms with Crippen molar-refractivity contribution in [1.29, 1.82) is 0 Å². The van der Waals surface area contributed by atoms with Gasteiger partial charge in [0.1, 0.15) is 5.82 Å². The largest absolute Gasteiger partial charge is 0.393 e. The van der Waals surface area contributed by atoms with Gasteiger partial charge in [-0.05, 0) is 50.9 Å². The average Bonchev–Trinajstić information content (AvgIpc) is 2.95. The number of rotatable bonds is 4. The second-order valence-corrected chi connectivity index (χ2v) is 6.61. The fourth-order valence-corrected chi connectivity index (χ4v) is 3.43. The van der Waals surface area contributed by atoms with Crippen molar-refractivity contribution in [3.8, 4) is 0 Å². The maximum absolute atomic E-state index is 9.59. The lowest BCUT2D eigenvalue weighted by atomic mass is 10.1. The van der Waals surface area contributed by atoms with Crippen LogP contribution in [0.15, 0.2) is 22.7 Å². The van der Waals surface area contributed by atoms with E-state index in [0.717, 1.165) is 40.8 Å². The maximum Gasteiger partial charge on any atom is 0.121 e. The Hall–Kier alpha value is -0.910. The molecule has 2 heterocycles. The number of hydrogen-bond donors (Lipinski definition) is 2. The molecule has 1 aromatic carbocycles. The van der Waals surface area contributed by atoms with Gasteiger partial charge in [0.05, 0.1) is 23.7 Å². The van der Waals surface area contributed by atoms with E-state index in [1.165, 1.54) is 12.8 Å². The van der Waals surface area contributed by atoms with Crippen molar-refractivity contribution >= 4 is 27.0 Å². The van der Waals surface area contributed by atoms with Gasteiger partial charge in [-0.3, -0.25) is 4.90 Å². The molecule has 20 heavy (non-hydrogen) atoms. The van der Waals surface area contributed by atoms with Gasteiger partial charge in [0, 0.05) is 10.5 Å². The Balaban J connectivity index is 1.75. The first-order valence-corrected chi connectivity index (χ1v) is 7.97. The summed E-state index contributed by atoms with van der Waals surface area (Å²) >= 11 is 3.48. The molecule has 0 spiro atoms. The van der Waals surface area contributed by atoms with Crippen LogP contribution in [0.5, 0.6) is 0 Å². The van der Waals surface area contributed by atoms with Crippen LogP contribution < -0.4 is 0 Å². The molecule has 0 bridgehead atoms. The predicted molar refractivity (Wildman–Crippen MR) is 83.5 cm³/mol. The van der Waals surface area contributed by atoms with Gasteiger partial charge in [-0.25, -0.2) is 4.98 Å². The number of hydrogen-bond acceptors (Lipinski definition) is 3. The van der Waals surface area contributed by atoms with Crippen molar-refractivity contribution in [3.05, 3.63) is 28.5 Å². The number of imidazole rings is 1. The number of nitrogens with zero attached hydrogens (tertiary/aromatic N) is 2. The normalized spacial score (nSPS) is 21.6. The fourth-order valence-electron chi connectivity index (χ4n) is 3.07. The summed E-state index contributed by atoms with van der Waals surface area (Å²) in [6.45, 7) is 3.80. The molecule has 1 aliphatic heterocycles. The van der Waals surface area contributed by atoms with Crippen molar-refractivity contribution < 1.29 is 5.11 Å². The number of nitrogens with one attached hydrogen (secondary N) is 1. The molecule has 1 fully saturated rings. The minimum atomic E-state index is -0.229. The molecule has 1 aliphatic rings. The highest BCUT2D eigenvalue weighted by molar-refractivity contribution is 9.10. The van der Waals surface area contributed by atoms with Crippen LogP contribution >= 0.6 is 15.9 Å². The second-order valence-electron chi connectivity index (χ2n) is 5.70. The molecular weight excluding hydrogens is 318 g/mol. The van der Waals surface area contributed by atoms with Crippen LogP contribution in [0.1, 0.15) is 32.0 Å². The monoisotopic (exact) mass is 337 g/mol. The molecule has 2 aromatic rings. The number of halogens is 1. The summed E-state index contributed by atoms with van der Waals surface area (Å²) in [7, 11) is 0. The van der Waals surface area contributed by atoms with Gasteiger partial charge in [0.25, 0.3) is 0 Å². The molecule has 2 atom stereocenters. The fraction of sp³-hybridized carbons (Fsp3) is 0.533. The number of likely N-dealkylation sites (tertiary alicyclic amines) is 1. The highest BCUT2D eigenvalue weighted by Gasteiger charge is 2.26. The van der Waals surface area contributed by atoms with Crippen molar-refractivity contribution in [2.45, 2.75) is 44.9 Å². The first-order chi connectivity index (χ1) is 9.61. The third-order valence-corrected chi connectivity index (χ3v) is 4.45. The van der Waals surface area contributed by atoms with E-state index >= 15 is 0 Å². The smallest absolute Gasteiger partial charge is 0.121 e. The lowest BCUT2D eigenvalue weighted by Gasteiger charge is -2.24.